The SMILES string of the molecule is CCCCCCCCCCCCCCCC(=O)NCCO.CCCCCCCCCCCCCCCCCC(=O)NCCO. The molecule has 4 N–H and O–H groups in total. The van der Waals surface area contributed by atoms with Crippen molar-refractivity contribution in [1.82, 2.24) is 10.6 Å². The summed E-state index contributed by atoms with van der Waals surface area (Å²) in [5, 5.41) is 22.6. The Labute approximate surface area is 274 Å². The Morgan fingerprint density at radius 2 is 0.568 bits per heavy atom. The molecule has 0 aliphatic carbocycles. The summed E-state index contributed by atoms with van der Waals surface area (Å²) in [5.41, 5.74) is 0. The molecule has 0 saturated carbocycles. The maximum Gasteiger partial charge on any atom is 0.220 e. The van der Waals surface area contributed by atoms with E-state index in [9.17, 15) is 9.59 Å². The minimum absolute atomic E-state index is 0.0321. The van der Waals surface area contributed by atoms with Crippen LogP contribution in [0.5, 0.6) is 0 Å². The van der Waals surface area contributed by atoms with Gasteiger partial charge in [0.05, 0.1) is 13.2 Å². The first-order chi connectivity index (χ1) is 21.6. The molecule has 6 nitrogen and oxygen atoms in total. The molecule has 0 spiro atoms. The van der Waals surface area contributed by atoms with Crippen LogP contribution in [-0.4, -0.2) is 48.3 Å². The Morgan fingerprint density at radius 1 is 0.364 bits per heavy atom. The zero-order valence-corrected chi connectivity index (χ0v) is 29.8. The van der Waals surface area contributed by atoms with Crippen molar-refractivity contribution in [3.05, 3.63) is 0 Å². The van der Waals surface area contributed by atoms with Gasteiger partial charge in [-0.3, -0.25) is 9.59 Å². The number of rotatable bonds is 34. The summed E-state index contributed by atoms with van der Waals surface area (Å²) in [5.74, 6) is 0.154. The highest BCUT2D eigenvalue weighted by atomic mass is 16.3. The summed E-state index contributed by atoms with van der Waals surface area (Å²) in [6, 6.07) is 0. The van der Waals surface area contributed by atoms with Gasteiger partial charge in [-0.25, -0.2) is 0 Å². The van der Waals surface area contributed by atoms with Gasteiger partial charge in [-0.05, 0) is 12.8 Å². The predicted octanol–water partition coefficient (Wildman–Crippen LogP) is 9.93. The molecular formula is C38H78N2O4. The molecule has 0 fully saturated rings. The van der Waals surface area contributed by atoms with E-state index in [0.717, 1.165) is 25.7 Å². The highest BCUT2D eigenvalue weighted by Gasteiger charge is 2.01. The first kappa shape index (κ1) is 45.0. The second-order valence-corrected chi connectivity index (χ2v) is 12.8. The molecule has 0 aliphatic heterocycles. The molecule has 2 amide bonds. The van der Waals surface area contributed by atoms with Gasteiger partial charge in [-0.2, -0.15) is 0 Å². The number of hydrogen-bond donors (Lipinski definition) is 4. The summed E-state index contributed by atoms with van der Waals surface area (Å²) in [6.45, 7) is 5.38. The van der Waals surface area contributed by atoms with E-state index in [1.165, 1.54) is 154 Å². The maximum absolute atomic E-state index is 11.3. The van der Waals surface area contributed by atoms with Crippen LogP contribution in [-0.2, 0) is 9.59 Å². The molecule has 0 rings (SSSR count). The first-order valence-corrected chi connectivity index (χ1v) is 19.4. The fourth-order valence-corrected chi connectivity index (χ4v) is 5.53. The average Bonchev–Trinajstić information content (AvgIpc) is 3.03. The van der Waals surface area contributed by atoms with E-state index in [2.05, 4.69) is 24.5 Å². The van der Waals surface area contributed by atoms with Crippen LogP contribution in [0, 0.1) is 0 Å². The van der Waals surface area contributed by atoms with Gasteiger partial charge in [0.15, 0.2) is 0 Å². The number of unbranched alkanes of at least 4 members (excludes halogenated alkanes) is 26. The molecule has 0 aliphatic rings. The normalized spacial score (nSPS) is 10.8. The van der Waals surface area contributed by atoms with E-state index in [0.29, 0.717) is 25.9 Å². The minimum Gasteiger partial charge on any atom is -0.395 e. The molecule has 0 saturated heterocycles. The van der Waals surface area contributed by atoms with Crippen molar-refractivity contribution >= 4 is 11.8 Å². The van der Waals surface area contributed by atoms with Gasteiger partial charge in [-0.1, -0.05) is 181 Å². The number of aliphatic hydroxyl groups is 2. The number of amides is 2. The standard InChI is InChI=1S/C20H41NO2.C18H37NO2/c1-2-3-4-5-6-7-8-9-10-11-12-13-14-15-16-17-20(23)21-18-19-22;1-2-3-4-5-6-7-8-9-10-11-12-13-14-15-18(21)19-16-17-20/h22H,2-19H2,1H3,(H,21,23);20H,2-17H2,1H3,(H,19,21). The molecule has 0 aromatic rings. The number of carbonyl (C=O) groups is 2. The van der Waals surface area contributed by atoms with E-state index in [1.807, 2.05) is 0 Å². The Kier molecular flexibility index (Phi) is 42.8. The van der Waals surface area contributed by atoms with Crippen molar-refractivity contribution in [1.29, 1.82) is 0 Å². The lowest BCUT2D eigenvalue weighted by molar-refractivity contribution is -0.122. The van der Waals surface area contributed by atoms with Crippen LogP contribution in [0.25, 0.3) is 0 Å². The van der Waals surface area contributed by atoms with Crippen LogP contribution < -0.4 is 10.6 Å². The van der Waals surface area contributed by atoms with Gasteiger partial charge in [0.1, 0.15) is 0 Å². The summed E-state index contributed by atoms with van der Waals surface area (Å²) < 4.78 is 0. The van der Waals surface area contributed by atoms with Crippen molar-refractivity contribution in [2.75, 3.05) is 26.3 Å². The summed E-state index contributed by atoms with van der Waals surface area (Å²) >= 11 is 0. The van der Waals surface area contributed by atoms with Crippen molar-refractivity contribution in [3.63, 3.8) is 0 Å². The lowest BCUT2D eigenvalue weighted by Crippen LogP contribution is -2.25. The zero-order chi connectivity index (χ0) is 32.6. The number of nitrogens with one attached hydrogen (secondary N) is 2. The van der Waals surface area contributed by atoms with E-state index < -0.39 is 0 Å². The number of aliphatic hydroxyl groups excluding tert-OH is 2. The van der Waals surface area contributed by atoms with E-state index in [1.54, 1.807) is 0 Å². The smallest absolute Gasteiger partial charge is 0.220 e. The van der Waals surface area contributed by atoms with Crippen LogP contribution in [0.1, 0.15) is 206 Å². The molecule has 44 heavy (non-hydrogen) atoms. The number of carbonyl (C=O) groups excluding carboxylic acids is 2. The van der Waals surface area contributed by atoms with E-state index in [4.69, 9.17) is 10.2 Å². The number of hydrogen-bond acceptors (Lipinski definition) is 4. The van der Waals surface area contributed by atoms with Crippen molar-refractivity contribution < 1.29 is 19.8 Å². The fraction of sp³-hybridized carbons (Fsp3) is 0.947. The van der Waals surface area contributed by atoms with Crippen LogP contribution >= 0.6 is 0 Å². The summed E-state index contributed by atoms with van der Waals surface area (Å²) in [4.78, 5) is 22.6. The third-order valence-corrected chi connectivity index (χ3v) is 8.38. The third kappa shape index (κ3) is 43.0. The van der Waals surface area contributed by atoms with Gasteiger partial charge < -0.3 is 20.8 Å². The minimum atomic E-state index is 0.0321. The van der Waals surface area contributed by atoms with Gasteiger partial charge in [0.2, 0.25) is 11.8 Å². The quantitative estimate of drug-likeness (QED) is 0.0534. The van der Waals surface area contributed by atoms with Gasteiger partial charge in [-0.15, -0.1) is 0 Å². The second-order valence-electron chi connectivity index (χ2n) is 12.8. The van der Waals surface area contributed by atoms with Gasteiger partial charge in [0.25, 0.3) is 0 Å². The lowest BCUT2D eigenvalue weighted by atomic mass is 10.0. The van der Waals surface area contributed by atoms with Gasteiger partial charge in [0, 0.05) is 25.9 Å². The summed E-state index contributed by atoms with van der Waals surface area (Å²) in [6.07, 6.45) is 38.6. The maximum atomic E-state index is 11.3. The Balaban J connectivity index is 0. The monoisotopic (exact) mass is 627 g/mol. The molecule has 0 aromatic heterocycles. The van der Waals surface area contributed by atoms with E-state index >= 15 is 0 Å². The van der Waals surface area contributed by atoms with E-state index in [-0.39, 0.29) is 25.0 Å². The Morgan fingerprint density at radius 3 is 0.773 bits per heavy atom. The molecule has 0 bridgehead atoms. The molecule has 0 heterocycles. The van der Waals surface area contributed by atoms with Crippen LogP contribution in [0.4, 0.5) is 0 Å². The highest BCUT2D eigenvalue weighted by Crippen LogP contribution is 2.14. The van der Waals surface area contributed by atoms with Crippen LogP contribution in [0.3, 0.4) is 0 Å². The topological polar surface area (TPSA) is 98.7 Å². The molecule has 0 atom stereocenters. The largest absolute Gasteiger partial charge is 0.395 e. The molecule has 264 valence electrons. The Bertz CT molecular complexity index is 559. The van der Waals surface area contributed by atoms with Crippen molar-refractivity contribution in [2.24, 2.45) is 0 Å². The molecular weight excluding hydrogens is 548 g/mol. The van der Waals surface area contributed by atoms with Crippen LogP contribution in [0.2, 0.25) is 0 Å². The lowest BCUT2D eigenvalue weighted by Gasteiger charge is -2.04. The fourth-order valence-electron chi connectivity index (χ4n) is 5.53. The highest BCUT2D eigenvalue weighted by molar-refractivity contribution is 5.76. The molecule has 0 unspecified atom stereocenters. The molecule has 0 radical (unpaired) electrons. The van der Waals surface area contributed by atoms with Gasteiger partial charge >= 0.3 is 0 Å². The van der Waals surface area contributed by atoms with Crippen molar-refractivity contribution in [2.45, 2.75) is 206 Å². The zero-order valence-electron chi connectivity index (χ0n) is 29.8. The average molecular weight is 627 g/mol. The summed E-state index contributed by atoms with van der Waals surface area (Å²) in [7, 11) is 0. The second kappa shape index (κ2) is 41.9. The van der Waals surface area contributed by atoms with Crippen LogP contribution in [0.15, 0.2) is 0 Å². The molecule has 0 aromatic carbocycles. The molecule has 6 heteroatoms. The third-order valence-electron chi connectivity index (χ3n) is 8.38. The Hall–Kier alpha value is -1.14. The predicted molar refractivity (Wildman–Crippen MR) is 190 cm³/mol. The first-order valence-electron chi connectivity index (χ1n) is 19.4. The van der Waals surface area contributed by atoms with Crippen molar-refractivity contribution in [3.8, 4) is 0 Å².